The van der Waals surface area contributed by atoms with Crippen molar-refractivity contribution >= 4 is 29.7 Å². The van der Waals surface area contributed by atoms with Crippen LogP contribution in [0.2, 0.25) is 0 Å². The number of hydrogen-bond donors (Lipinski definition) is 3. The third kappa shape index (κ3) is 6.89. The lowest BCUT2D eigenvalue weighted by molar-refractivity contribution is -0.141. The van der Waals surface area contributed by atoms with E-state index in [1.807, 2.05) is 34.6 Å². The number of aliphatic imine (C=N–C) groups is 1. The third-order valence-corrected chi connectivity index (χ3v) is 9.43. The fraction of sp³-hybridized carbons (Fsp3) is 0.719. The van der Waals surface area contributed by atoms with Gasteiger partial charge in [0.05, 0.1) is 18.3 Å². The number of nitrogens with one attached hydrogen (secondary N) is 3. The second-order valence-electron chi connectivity index (χ2n) is 13.5. The molecular weight excluding hydrogens is 534 g/mol. The molecule has 232 valence electrons. The van der Waals surface area contributed by atoms with Gasteiger partial charge in [-0.3, -0.25) is 9.59 Å². The Morgan fingerprint density at radius 1 is 1.21 bits per heavy atom. The monoisotopic (exact) mass is 583 g/mol. The molecule has 2 saturated heterocycles. The smallest absolute Gasteiger partial charge is 0.408 e. The molecule has 3 heterocycles. The second-order valence-corrected chi connectivity index (χ2v) is 13.5. The Morgan fingerprint density at radius 2 is 1.95 bits per heavy atom. The van der Waals surface area contributed by atoms with Gasteiger partial charge in [-0.2, -0.15) is 0 Å². The first kappa shape index (κ1) is 31.8. The summed E-state index contributed by atoms with van der Waals surface area (Å²) in [5.41, 5.74) is -0.400. The van der Waals surface area contributed by atoms with Gasteiger partial charge in [0.15, 0.2) is 11.5 Å². The number of rotatable bonds is 3. The molecule has 0 aromatic carbocycles. The second kappa shape index (κ2) is 13.0. The van der Waals surface area contributed by atoms with E-state index in [2.05, 4.69) is 10.6 Å². The van der Waals surface area contributed by atoms with E-state index in [0.717, 1.165) is 50.7 Å². The molecule has 3 fully saturated rings. The molecule has 0 aromatic rings. The molecule has 10 nitrogen and oxygen atoms in total. The SMILES string of the molecule is CC[C@@H]1[C@@H]2CN(C(=O)[C@H](C(C)(C)C)NC(=O)O[C@]3(C)CCC[C@H]3CCCCCC3=N/C(=C/C=N)NC=C3O2)[C@@H]1C(C)=O. The minimum absolute atomic E-state index is 0.107. The normalized spacial score (nSPS) is 33.9. The molecule has 2 amide bonds. The van der Waals surface area contributed by atoms with Crippen LogP contribution in [0, 0.1) is 22.7 Å². The summed E-state index contributed by atoms with van der Waals surface area (Å²) in [7, 11) is 0. The largest absolute Gasteiger partial charge is 0.485 e. The first-order chi connectivity index (χ1) is 19.9. The van der Waals surface area contributed by atoms with E-state index in [4.69, 9.17) is 19.9 Å². The van der Waals surface area contributed by atoms with Crippen LogP contribution in [0.4, 0.5) is 4.79 Å². The molecule has 3 N–H and O–H groups in total. The first-order valence-corrected chi connectivity index (χ1v) is 15.6. The Labute approximate surface area is 250 Å². The van der Waals surface area contributed by atoms with Crippen LogP contribution in [-0.4, -0.2) is 64.9 Å². The van der Waals surface area contributed by atoms with Crippen molar-refractivity contribution in [3.8, 4) is 0 Å². The van der Waals surface area contributed by atoms with Crippen LogP contribution in [0.1, 0.15) is 99.3 Å². The van der Waals surface area contributed by atoms with Crippen molar-refractivity contribution in [2.75, 3.05) is 6.54 Å². The number of carbonyl (C=O) groups excluding carboxylic acids is 3. The van der Waals surface area contributed by atoms with Gasteiger partial charge >= 0.3 is 6.09 Å². The molecule has 42 heavy (non-hydrogen) atoms. The molecule has 0 spiro atoms. The van der Waals surface area contributed by atoms with Crippen LogP contribution < -0.4 is 10.6 Å². The Hall–Kier alpha value is -3.17. The molecule has 10 heteroatoms. The van der Waals surface area contributed by atoms with E-state index in [1.165, 1.54) is 13.1 Å². The van der Waals surface area contributed by atoms with Crippen molar-refractivity contribution in [2.24, 2.45) is 22.2 Å². The highest BCUT2D eigenvalue weighted by Crippen LogP contribution is 2.42. The van der Waals surface area contributed by atoms with Crippen molar-refractivity contribution in [2.45, 2.75) is 123 Å². The molecule has 0 aromatic heterocycles. The molecular formula is C32H49N5O5. The fourth-order valence-corrected chi connectivity index (χ4v) is 7.13. The van der Waals surface area contributed by atoms with Gasteiger partial charge in [0.1, 0.15) is 23.6 Å². The molecule has 2 bridgehead atoms. The number of Topliss-reactive ketones (excluding diaryl/α,β-unsaturated/α-hetero) is 1. The van der Waals surface area contributed by atoms with Gasteiger partial charge in [0, 0.05) is 18.3 Å². The molecule has 1 saturated carbocycles. The summed E-state index contributed by atoms with van der Waals surface area (Å²) >= 11 is 0. The highest BCUT2D eigenvalue weighted by Gasteiger charge is 2.51. The molecule has 4 rings (SSSR count). The number of fused-ring (bicyclic) bond motifs is 4. The quantitative estimate of drug-likeness (QED) is 0.389. The number of alkyl carbamates (subject to hydrolysis) is 1. The molecule has 3 aliphatic heterocycles. The maximum absolute atomic E-state index is 14.2. The van der Waals surface area contributed by atoms with Crippen LogP contribution in [-0.2, 0) is 19.1 Å². The zero-order valence-electron chi connectivity index (χ0n) is 26.1. The van der Waals surface area contributed by atoms with E-state index in [-0.39, 0.29) is 30.1 Å². The Bertz CT molecular complexity index is 1150. The van der Waals surface area contributed by atoms with Crippen molar-refractivity contribution < 1.29 is 23.9 Å². The van der Waals surface area contributed by atoms with Crippen molar-refractivity contribution in [3.63, 3.8) is 0 Å². The molecule has 6 atom stereocenters. The van der Waals surface area contributed by atoms with Crippen LogP contribution in [0.15, 0.2) is 28.8 Å². The topological polar surface area (TPSA) is 133 Å². The highest BCUT2D eigenvalue weighted by atomic mass is 16.6. The van der Waals surface area contributed by atoms with Crippen molar-refractivity contribution in [3.05, 3.63) is 23.9 Å². The van der Waals surface area contributed by atoms with E-state index < -0.39 is 35.3 Å². The van der Waals surface area contributed by atoms with E-state index >= 15 is 0 Å². The summed E-state index contributed by atoms with van der Waals surface area (Å²) in [6, 6.07) is -1.55. The molecule has 0 radical (unpaired) electrons. The Balaban J connectivity index is 1.71. The van der Waals surface area contributed by atoms with Gasteiger partial charge in [-0.05, 0) is 76.2 Å². The summed E-state index contributed by atoms with van der Waals surface area (Å²) in [6.07, 6.45) is 11.6. The lowest BCUT2D eigenvalue weighted by atomic mass is 9.85. The molecule has 0 unspecified atom stereocenters. The van der Waals surface area contributed by atoms with E-state index in [9.17, 15) is 14.4 Å². The minimum atomic E-state index is -0.882. The Kier molecular flexibility index (Phi) is 9.83. The zero-order valence-corrected chi connectivity index (χ0v) is 26.1. The van der Waals surface area contributed by atoms with Crippen LogP contribution in [0.5, 0.6) is 0 Å². The number of hydrogen-bond acceptors (Lipinski definition) is 8. The average Bonchev–Trinajstić information content (AvgIpc) is 3.46. The van der Waals surface area contributed by atoms with E-state index in [0.29, 0.717) is 24.4 Å². The lowest BCUT2D eigenvalue weighted by Gasteiger charge is -2.37. The van der Waals surface area contributed by atoms with Crippen LogP contribution >= 0.6 is 0 Å². The predicted molar refractivity (Wildman–Crippen MR) is 162 cm³/mol. The summed E-state index contributed by atoms with van der Waals surface area (Å²) in [4.78, 5) is 47.0. The first-order valence-electron chi connectivity index (χ1n) is 15.6. The summed E-state index contributed by atoms with van der Waals surface area (Å²) < 4.78 is 12.7. The maximum Gasteiger partial charge on any atom is 0.408 e. The fourth-order valence-electron chi connectivity index (χ4n) is 7.13. The van der Waals surface area contributed by atoms with Crippen LogP contribution in [0.3, 0.4) is 0 Å². The predicted octanol–water partition coefficient (Wildman–Crippen LogP) is 5.24. The molecule has 4 aliphatic rings. The van der Waals surface area contributed by atoms with Gasteiger partial charge in [-0.25, -0.2) is 9.79 Å². The number of ether oxygens (including phenoxy) is 2. The van der Waals surface area contributed by atoms with Gasteiger partial charge in [0.25, 0.3) is 0 Å². The number of carbonyl (C=O) groups is 3. The van der Waals surface area contributed by atoms with Crippen molar-refractivity contribution in [1.82, 2.24) is 15.5 Å². The van der Waals surface area contributed by atoms with Gasteiger partial charge in [-0.1, -0.05) is 40.5 Å². The number of amides is 2. The summed E-state index contributed by atoms with van der Waals surface area (Å²) in [6.45, 7) is 11.5. The highest BCUT2D eigenvalue weighted by molar-refractivity contribution is 6.00. The van der Waals surface area contributed by atoms with Gasteiger partial charge < -0.3 is 30.4 Å². The zero-order chi connectivity index (χ0) is 30.7. The Morgan fingerprint density at radius 3 is 2.62 bits per heavy atom. The van der Waals surface area contributed by atoms with Crippen molar-refractivity contribution in [1.29, 1.82) is 5.41 Å². The lowest BCUT2D eigenvalue weighted by Crippen LogP contribution is -2.58. The standard InChI is InChI=1S/C32H49N5O5/c1-7-22-25-19-37(27(22)20(2)38)29(39)28(31(3,4)5)36-30(40)42-32(6)16-11-13-21(32)12-9-8-10-14-23-24(41-25)18-34-26(35-23)15-17-33/h15,17-18,21-22,25,27-28,33-34H,7-14,16,19H2,1-6H3,(H,36,40)/b26-15+,33-17?/t21-,22-,25+,27-,28-,32-/m1/s1. The number of ketones is 1. The summed E-state index contributed by atoms with van der Waals surface area (Å²) in [5, 5.41) is 13.5. The number of allylic oxidation sites excluding steroid dienone is 2. The van der Waals surface area contributed by atoms with Gasteiger partial charge in [0.2, 0.25) is 5.91 Å². The minimum Gasteiger partial charge on any atom is -0.485 e. The average molecular weight is 584 g/mol. The summed E-state index contributed by atoms with van der Waals surface area (Å²) in [5.74, 6) is 0.809. The number of nitrogens with zero attached hydrogens (tertiary/aromatic N) is 2. The molecule has 1 aliphatic carbocycles. The van der Waals surface area contributed by atoms with Crippen LogP contribution in [0.25, 0.3) is 0 Å². The van der Waals surface area contributed by atoms with Gasteiger partial charge in [-0.15, -0.1) is 0 Å². The van der Waals surface area contributed by atoms with E-state index in [1.54, 1.807) is 17.2 Å². The third-order valence-electron chi connectivity index (χ3n) is 9.43. The maximum atomic E-state index is 14.2.